The fraction of sp³-hybridized carbons (Fsp3) is 0.348. The summed E-state index contributed by atoms with van der Waals surface area (Å²) in [4.78, 5) is 15.7. The van der Waals surface area contributed by atoms with Crippen LogP contribution in [0.3, 0.4) is 0 Å². The highest BCUT2D eigenvalue weighted by molar-refractivity contribution is 7.89. The summed E-state index contributed by atoms with van der Waals surface area (Å²) < 4.78 is 39.6. The number of hydrogen-bond acceptors (Lipinski definition) is 5. The zero-order valence-electron chi connectivity index (χ0n) is 17.9. The van der Waals surface area contributed by atoms with E-state index < -0.39 is 10.0 Å². The van der Waals surface area contributed by atoms with Gasteiger partial charge in [0.25, 0.3) is 5.56 Å². The third kappa shape index (κ3) is 4.68. The number of pyridine rings is 1. The molecule has 0 saturated carbocycles. The molecule has 1 fully saturated rings. The topological polar surface area (TPSA) is 88.7 Å². The van der Waals surface area contributed by atoms with Crippen LogP contribution in [0, 0.1) is 6.92 Å². The van der Waals surface area contributed by atoms with Gasteiger partial charge in [-0.3, -0.25) is 4.79 Å². The highest BCUT2D eigenvalue weighted by atomic mass is 35.5. The van der Waals surface area contributed by atoms with E-state index >= 15 is 0 Å². The quantitative estimate of drug-likeness (QED) is 0.559. The second kappa shape index (κ2) is 9.23. The number of sulfonamides is 1. The van der Waals surface area contributed by atoms with Crippen LogP contribution in [0.5, 0.6) is 5.75 Å². The van der Waals surface area contributed by atoms with Crippen LogP contribution in [-0.4, -0.2) is 44.1 Å². The lowest BCUT2D eigenvalue weighted by molar-refractivity contribution is 0.0925. The third-order valence-electron chi connectivity index (χ3n) is 5.67. The number of nitrogens with one attached hydrogen (secondary N) is 1. The highest BCUT2D eigenvalue weighted by Gasteiger charge is 2.31. The van der Waals surface area contributed by atoms with Gasteiger partial charge in [0.1, 0.15) is 5.75 Å². The van der Waals surface area contributed by atoms with Crippen LogP contribution >= 0.6 is 11.6 Å². The summed E-state index contributed by atoms with van der Waals surface area (Å²) in [5.74, 6) is 0.647. The molecular weight excluding hydrogens is 452 g/mol. The molecule has 1 saturated heterocycles. The number of halogens is 1. The van der Waals surface area contributed by atoms with E-state index in [0.717, 1.165) is 18.2 Å². The lowest BCUT2D eigenvalue weighted by atomic mass is 10.1. The molecule has 4 rings (SSSR count). The molecule has 0 aliphatic carbocycles. The minimum Gasteiger partial charge on any atom is -0.497 e. The zero-order chi connectivity index (χ0) is 22.9. The molecule has 3 aromatic rings. The molecule has 1 aromatic heterocycles. The van der Waals surface area contributed by atoms with Crippen LogP contribution in [0.15, 0.2) is 52.2 Å². The minimum atomic E-state index is -3.93. The molecule has 2 heterocycles. The number of hydrogen-bond donors (Lipinski definition) is 1. The summed E-state index contributed by atoms with van der Waals surface area (Å²) >= 11 is 6.10. The van der Waals surface area contributed by atoms with Crippen LogP contribution in [-0.2, 0) is 21.3 Å². The van der Waals surface area contributed by atoms with Crippen molar-refractivity contribution in [3.8, 4) is 5.75 Å². The number of fused-ring (bicyclic) bond motifs is 1. The molecule has 9 heteroatoms. The number of aromatic amines is 1. The van der Waals surface area contributed by atoms with Gasteiger partial charge in [-0.2, -0.15) is 4.31 Å². The molecule has 0 spiro atoms. The average molecular weight is 477 g/mol. The Balaban J connectivity index is 1.76. The lowest BCUT2D eigenvalue weighted by Gasteiger charge is -2.25. The first kappa shape index (κ1) is 22.8. The van der Waals surface area contributed by atoms with Crippen molar-refractivity contribution in [3.05, 3.63) is 69.0 Å². The molecule has 0 radical (unpaired) electrons. The van der Waals surface area contributed by atoms with E-state index in [9.17, 15) is 13.2 Å². The lowest BCUT2D eigenvalue weighted by Crippen LogP contribution is -2.38. The number of nitrogens with zero attached hydrogens (tertiary/aromatic N) is 1. The second-order valence-electron chi connectivity index (χ2n) is 7.92. The molecule has 1 aliphatic rings. The van der Waals surface area contributed by atoms with Gasteiger partial charge in [-0.15, -0.1) is 0 Å². The van der Waals surface area contributed by atoms with Crippen molar-refractivity contribution in [1.29, 1.82) is 0 Å². The normalized spacial score (nSPS) is 16.7. The Morgan fingerprint density at radius 3 is 2.75 bits per heavy atom. The van der Waals surface area contributed by atoms with Gasteiger partial charge >= 0.3 is 0 Å². The first-order chi connectivity index (χ1) is 15.3. The summed E-state index contributed by atoms with van der Waals surface area (Å²) in [6.07, 6.45) is 1.43. The SMILES string of the molecule is COc1ccc2[nH]c(=O)c(CN(C[C@H]3CCCO3)S(=O)(=O)c3cc(Cl)ccc3C)cc2c1. The van der Waals surface area contributed by atoms with Gasteiger partial charge in [-0.25, -0.2) is 8.42 Å². The van der Waals surface area contributed by atoms with E-state index in [2.05, 4.69) is 4.98 Å². The molecule has 170 valence electrons. The fourth-order valence-corrected chi connectivity index (χ4v) is 5.86. The van der Waals surface area contributed by atoms with Gasteiger partial charge in [0.15, 0.2) is 0 Å². The third-order valence-corrected chi connectivity index (χ3v) is 7.86. The second-order valence-corrected chi connectivity index (χ2v) is 10.3. The van der Waals surface area contributed by atoms with Crippen molar-refractivity contribution < 1.29 is 17.9 Å². The van der Waals surface area contributed by atoms with Crippen molar-refractivity contribution >= 4 is 32.5 Å². The molecule has 1 aliphatic heterocycles. The molecule has 0 unspecified atom stereocenters. The van der Waals surface area contributed by atoms with Gasteiger partial charge < -0.3 is 14.5 Å². The van der Waals surface area contributed by atoms with Gasteiger partial charge in [-0.1, -0.05) is 17.7 Å². The molecule has 1 N–H and O–H groups in total. The maximum atomic E-state index is 13.7. The largest absolute Gasteiger partial charge is 0.497 e. The molecule has 0 bridgehead atoms. The number of methoxy groups -OCH3 is 1. The van der Waals surface area contributed by atoms with Crippen molar-refractivity contribution in [3.63, 3.8) is 0 Å². The molecule has 1 atom stereocenters. The maximum absolute atomic E-state index is 13.7. The van der Waals surface area contributed by atoms with Gasteiger partial charge in [-0.05, 0) is 61.7 Å². The van der Waals surface area contributed by atoms with E-state index in [1.165, 1.54) is 10.4 Å². The predicted molar refractivity (Wildman–Crippen MR) is 124 cm³/mol. The molecule has 32 heavy (non-hydrogen) atoms. The number of H-pyrrole nitrogens is 1. The van der Waals surface area contributed by atoms with Crippen molar-refractivity contribution in [1.82, 2.24) is 9.29 Å². The Morgan fingerprint density at radius 1 is 1.22 bits per heavy atom. The van der Waals surface area contributed by atoms with Crippen LogP contribution in [0.2, 0.25) is 5.02 Å². The predicted octanol–water partition coefficient (Wildman–Crippen LogP) is 3.87. The van der Waals surface area contributed by atoms with E-state index in [-0.39, 0.29) is 29.6 Å². The van der Waals surface area contributed by atoms with Crippen LogP contribution in [0.25, 0.3) is 10.9 Å². The van der Waals surface area contributed by atoms with Crippen molar-refractivity contribution in [2.45, 2.75) is 37.3 Å². The number of benzene rings is 2. The number of ether oxygens (including phenoxy) is 2. The fourth-order valence-electron chi connectivity index (χ4n) is 3.92. The molecule has 2 aromatic carbocycles. The van der Waals surface area contributed by atoms with E-state index in [1.807, 2.05) is 0 Å². The first-order valence-electron chi connectivity index (χ1n) is 10.4. The van der Waals surface area contributed by atoms with Crippen molar-refractivity contribution in [2.24, 2.45) is 0 Å². The van der Waals surface area contributed by atoms with E-state index in [4.69, 9.17) is 21.1 Å². The molecular formula is C23H25ClN2O5S. The maximum Gasteiger partial charge on any atom is 0.252 e. The Morgan fingerprint density at radius 2 is 2.03 bits per heavy atom. The average Bonchev–Trinajstić information content (AvgIpc) is 3.28. The molecule has 0 amide bonds. The van der Waals surface area contributed by atoms with Gasteiger partial charge in [0, 0.05) is 41.2 Å². The van der Waals surface area contributed by atoms with E-state index in [1.54, 1.807) is 50.4 Å². The van der Waals surface area contributed by atoms with E-state index in [0.29, 0.717) is 34.0 Å². The Hall–Kier alpha value is -2.39. The standard InChI is InChI=1S/C23H25ClN2O5S/c1-15-5-6-18(24)12-22(15)32(28,29)26(14-20-4-3-9-31-20)13-17-10-16-11-19(30-2)7-8-21(16)25-23(17)27/h5-8,10-12,20H,3-4,9,13-14H2,1-2H3,(H,25,27)/t20-/m1/s1. The van der Waals surface area contributed by atoms with Gasteiger partial charge in [0.2, 0.25) is 10.0 Å². The Bertz CT molecular complexity index is 1300. The van der Waals surface area contributed by atoms with Gasteiger partial charge in [0.05, 0.1) is 18.1 Å². The summed E-state index contributed by atoms with van der Waals surface area (Å²) in [6.45, 7) is 2.40. The number of aromatic nitrogens is 1. The van der Waals surface area contributed by atoms with Crippen LogP contribution < -0.4 is 10.3 Å². The summed E-state index contributed by atoms with van der Waals surface area (Å²) in [5.41, 5.74) is 1.24. The van der Waals surface area contributed by atoms with Crippen LogP contribution in [0.4, 0.5) is 0 Å². The zero-order valence-corrected chi connectivity index (χ0v) is 19.5. The highest BCUT2D eigenvalue weighted by Crippen LogP contribution is 2.27. The number of rotatable bonds is 7. The summed E-state index contributed by atoms with van der Waals surface area (Å²) in [7, 11) is -2.36. The van der Waals surface area contributed by atoms with Crippen LogP contribution in [0.1, 0.15) is 24.0 Å². The van der Waals surface area contributed by atoms with Crippen molar-refractivity contribution in [2.75, 3.05) is 20.3 Å². The Kier molecular flexibility index (Phi) is 6.57. The summed E-state index contributed by atoms with van der Waals surface area (Å²) in [5, 5.41) is 1.09. The summed E-state index contributed by atoms with van der Waals surface area (Å²) in [6, 6.07) is 11.8. The monoisotopic (exact) mass is 476 g/mol. The first-order valence-corrected chi connectivity index (χ1v) is 12.2. The molecule has 7 nitrogen and oxygen atoms in total. The minimum absolute atomic E-state index is 0.0867. The number of aryl methyl sites for hydroxylation is 1. The Labute approximate surface area is 192 Å². The smallest absolute Gasteiger partial charge is 0.252 e.